The predicted octanol–water partition coefficient (Wildman–Crippen LogP) is 4.61. The van der Waals surface area contributed by atoms with Crippen molar-refractivity contribution in [1.82, 2.24) is 9.97 Å². The van der Waals surface area contributed by atoms with E-state index in [-0.39, 0.29) is 11.8 Å². The summed E-state index contributed by atoms with van der Waals surface area (Å²) < 4.78 is 0. The van der Waals surface area contributed by atoms with Crippen molar-refractivity contribution in [2.75, 3.05) is 23.3 Å². The maximum absolute atomic E-state index is 12.8. The third-order valence-electron chi connectivity index (χ3n) is 5.40. The van der Waals surface area contributed by atoms with Gasteiger partial charge in [-0.1, -0.05) is 38.1 Å². The van der Waals surface area contributed by atoms with Crippen LogP contribution < -0.4 is 10.2 Å². The number of anilines is 2. The Morgan fingerprint density at radius 3 is 2.61 bits per heavy atom. The van der Waals surface area contributed by atoms with Gasteiger partial charge in [0.05, 0.1) is 23.1 Å². The number of hydrogen-bond donors (Lipinski definition) is 1. The minimum Gasteiger partial charge on any atom is -0.355 e. The molecule has 144 valence electrons. The van der Waals surface area contributed by atoms with Gasteiger partial charge in [0.1, 0.15) is 5.82 Å². The molecule has 0 aliphatic carbocycles. The Kier molecular flexibility index (Phi) is 5.24. The van der Waals surface area contributed by atoms with Gasteiger partial charge in [0.25, 0.3) is 0 Å². The van der Waals surface area contributed by atoms with Gasteiger partial charge in [-0.15, -0.1) is 0 Å². The van der Waals surface area contributed by atoms with Crippen molar-refractivity contribution in [2.45, 2.75) is 32.6 Å². The summed E-state index contributed by atoms with van der Waals surface area (Å²) in [6.07, 6.45) is 3.68. The van der Waals surface area contributed by atoms with Gasteiger partial charge >= 0.3 is 0 Å². The van der Waals surface area contributed by atoms with Crippen LogP contribution in [0.25, 0.3) is 11.0 Å². The normalized spacial score (nSPS) is 17.1. The van der Waals surface area contributed by atoms with E-state index >= 15 is 0 Å². The zero-order valence-electron chi connectivity index (χ0n) is 16.4. The average molecular weight is 374 g/mol. The highest BCUT2D eigenvalue weighted by Crippen LogP contribution is 2.24. The van der Waals surface area contributed by atoms with Gasteiger partial charge in [-0.05, 0) is 48.6 Å². The van der Waals surface area contributed by atoms with Crippen LogP contribution >= 0.6 is 0 Å². The minimum atomic E-state index is -0.0493. The molecular weight excluding hydrogens is 348 g/mol. The Morgan fingerprint density at radius 1 is 1.11 bits per heavy atom. The molecule has 2 aromatic carbocycles. The fourth-order valence-electron chi connectivity index (χ4n) is 3.69. The van der Waals surface area contributed by atoms with Crippen molar-refractivity contribution in [1.29, 1.82) is 0 Å². The molecule has 4 rings (SSSR count). The molecule has 3 aromatic rings. The zero-order valence-corrected chi connectivity index (χ0v) is 16.4. The van der Waals surface area contributed by atoms with E-state index < -0.39 is 0 Å². The van der Waals surface area contributed by atoms with Crippen LogP contribution in [0, 0.1) is 5.92 Å². The highest BCUT2D eigenvalue weighted by molar-refractivity contribution is 5.93. The molecule has 0 bridgehead atoms. The number of amides is 1. The Morgan fingerprint density at radius 2 is 1.86 bits per heavy atom. The quantitative estimate of drug-likeness (QED) is 0.725. The van der Waals surface area contributed by atoms with E-state index in [0.29, 0.717) is 12.5 Å². The third kappa shape index (κ3) is 3.98. The first-order valence-corrected chi connectivity index (χ1v) is 9.98. The van der Waals surface area contributed by atoms with E-state index in [2.05, 4.69) is 41.2 Å². The molecule has 1 aliphatic rings. The largest absolute Gasteiger partial charge is 0.355 e. The molecule has 2 heterocycles. The van der Waals surface area contributed by atoms with Gasteiger partial charge in [-0.3, -0.25) is 9.78 Å². The summed E-state index contributed by atoms with van der Waals surface area (Å²) in [6.45, 7) is 5.91. The van der Waals surface area contributed by atoms with Crippen molar-refractivity contribution < 1.29 is 4.79 Å². The predicted molar refractivity (Wildman–Crippen MR) is 114 cm³/mol. The van der Waals surface area contributed by atoms with E-state index in [9.17, 15) is 4.79 Å². The number of nitrogens with zero attached hydrogens (tertiary/aromatic N) is 3. The summed E-state index contributed by atoms with van der Waals surface area (Å²) in [5, 5.41) is 3.08. The number of piperidine rings is 1. The Labute approximate surface area is 165 Å². The van der Waals surface area contributed by atoms with Gasteiger partial charge in [0.15, 0.2) is 0 Å². The Bertz CT molecular complexity index is 968. The lowest BCUT2D eigenvalue weighted by Crippen LogP contribution is -2.41. The molecule has 0 unspecified atom stereocenters. The smallest absolute Gasteiger partial charge is 0.229 e. The summed E-state index contributed by atoms with van der Waals surface area (Å²) in [4.78, 5) is 24.2. The number of para-hydroxylation sites is 2. The van der Waals surface area contributed by atoms with Crippen molar-refractivity contribution in [3.63, 3.8) is 0 Å². The fraction of sp³-hybridized carbons (Fsp3) is 0.348. The Balaban J connectivity index is 1.44. The first kappa shape index (κ1) is 18.4. The molecule has 0 radical (unpaired) electrons. The third-order valence-corrected chi connectivity index (χ3v) is 5.40. The van der Waals surface area contributed by atoms with Crippen LogP contribution in [0.5, 0.6) is 0 Å². The van der Waals surface area contributed by atoms with E-state index in [0.717, 1.165) is 41.9 Å². The number of carbonyl (C=O) groups excluding carboxylic acids is 1. The van der Waals surface area contributed by atoms with E-state index in [1.165, 1.54) is 5.56 Å². The van der Waals surface area contributed by atoms with Gasteiger partial charge in [-0.25, -0.2) is 4.98 Å². The molecule has 1 atom stereocenters. The summed E-state index contributed by atoms with van der Waals surface area (Å²) in [5.41, 5.74) is 3.91. The molecule has 0 spiro atoms. The Hall–Kier alpha value is -2.95. The van der Waals surface area contributed by atoms with Crippen molar-refractivity contribution in [3.8, 4) is 0 Å². The molecule has 5 heteroatoms. The van der Waals surface area contributed by atoms with Gasteiger partial charge in [0.2, 0.25) is 5.91 Å². The van der Waals surface area contributed by atoms with Crippen molar-refractivity contribution >= 4 is 28.4 Å². The molecule has 1 saturated heterocycles. The second kappa shape index (κ2) is 7.97. The molecule has 28 heavy (non-hydrogen) atoms. The summed E-state index contributed by atoms with van der Waals surface area (Å²) in [6, 6.07) is 16.0. The number of carbonyl (C=O) groups is 1. The summed E-state index contributed by atoms with van der Waals surface area (Å²) in [7, 11) is 0. The van der Waals surface area contributed by atoms with Crippen molar-refractivity contribution in [2.24, 2.45) is 5.92 Å². The number of hydrogen-bond acceptors (Lipinski definition) is 4. The topological polar surface area (TPSA) is 58.1 Å². The first-order valence-electron chi connectivity index (χ1n) is 9.98. The van der Waals surface area contributed by atoms with E-state index in [1.807, 2.05) is 42.6 Å². The fourth-order valence-corrected chi connectivity index (χ4v) is 3.69. The lowest BCUT2D eigenvalue weighted by atomic mass is 9.97. The van der Waals surface area contributed by atoms with Crippen LogP contribution in [0.2, 0.25) is 0 Å². The van der Waals surface area contributed by atoms with Gasteiger partial charge < -0.3 is 10.2 Å². The highest BCUT2D eigenvalue weighted by atomic mass is 16.1. The van der Waals surface area contributed by atoms with Crippen LogP contribution in [0.15, 0.2) is 54.7 Å². The molecule has 1 aliphatic heterocycles. The molecule has 1 aromatic heterocycles. The summed E-state index contributed by atoms with van der Waals surface area (Å²) >= 11 is 0. The molecule has 1 amide bonds. The number of rotatable bonds is 4. The number of benzene rings is 2. The highest BCUT2D eigenvalue weighted by Gasteiger charge is 2.27. The van der Waals surface area contributed by atoms with Crippen LogP contribution in [0.1, 0.15) is 38.2 Å². The van der Waals surface area contributed by atoms with Crippen LogP contribution in [0.4, 0.5) is 11.5 Å². The van der Waals surface area contributed by atoms with Crippen LogP contribution in [-0.4, -0.2) is 29.0 Å². The number of aromatic nitrogens is 2. The second-order valence-electron chi connectivity index (χ2n) is 7.77. The van der Waals surface area contributed by atoms with E-state index in [1.54, 1.807) is 0 Å². The van der Waals surface area contributed by atoms with Gasteiger partial charge in [0, 0.05) is 18.8 Å². The van der Waals surface area contributed by atoms with Crippen LogP contribution in [0.3, 0.4) is 0 Å². The minimum absolute atomic E-state index is 0.0493. The van der Waals surface area contributed by atoms with Gasteiger partial charge in [-0.2, -0.15) is 0 Å². The lowest BCUT2D eigenvalue weighted by Gasteiger charge is -2.32. The average Bonchev–Trinajstić information content (AvgIpc) is 2.74. The molecule has 0 saturated carbocycles. The first-order chi connectivity index (χ1) is 13.6. The van der Waals surface area contributed by atoms with Crippen LogP contribution in [-0.2, 0) is 4.79 Å². The molecule has 1 N–H and O–H groups in total. The monoisotopic (exact) mass is 374 g/mol. The zero-order chi connectivity index (χ0) is 19.5. The number of fused-ring (bicyclic) bond motifs is 1. The molecular formula is C23H26N4O. The molecule has 5 nitrogen and oxygen atoms in total. The standard InChI is InChI=1S/C23H26N4O/c1-16(2)17-9-11-19(12-10-17)25-23(28)18-6-5-13-27(15-18)22-14-24-20-7-3-4-8-21(20)26-22/h3-4,7-12,14,16,18H,5-6,13,15H2,1-2H3,(H,25,28)/t18-/m0/s1. The molecule has 1 fully saturated rings. The maximum Gasteiger partial charge on any atom is 0.229 e. The summed E-state index contributed by atoms with van der Waals surface area (Å²) in [5.74, 6) is 1.36. The maximum atomic E-state index is 12.8. The van der Waals surface area contributed by atoms with Crippen molar-refractivity contribution in [3.05, 3.63) is 60.3 Å². The SMILES string of the molecule is CC(C)c1ccc(NC(=O)[C@H]2CCCN(c3cnc4ccccc4n3)C2)cc1. The van der Waals surface area contributed by atoms with E-state index in [4.69, 9.17) is 4.98 Å². The number of nitrogens with one attached hydrogen (secondary N) is 1. The lowest BCUT2D eigenvalue weighted by molar-refractivity contribution is -0.120. The second-order valence-corrected chi connectivity index (χ2v) is 7.77.